The van der Waals surface area contributed by atoms with E-state index in [0.29, 0.717) is 12.1 Å². The van der Waals surface area contributed by atoms with Gasteiger partial charge in [-0.1, -0.05) is 47.5 Å². The molecule has 1 atom stereocenters. The van der Waals surface area contributed by atoms with Crippen molar-refractivity contribution in [1.29, 1.82) is 0 Å². The lowest BCUT2D eigenvalue weighted by atomic mass is 10.00. The van der Waals surface area contributed by atoms with Crippen molar-refractivity contribution in [1.82, 2.24) is 9.88 Å². The Morgan fingerprint density at radius 2 is 1.81 bits per heavy atom. The molecule has 4 nitrogen and oxygen atoms in total. The van der Waals surface area contributed by atoms with Crippen LogP contribution in [0.4, 0.5) is 5.69 Å². The van der Waals surface area contributed by atoms with Gasteiger partial charge >= 0.3 is 0 Å². The highest BCUT2D eigenvalue weighted by Gasteiger charge is 2.32. The van der Waals surface area contributed by atoms with Crippen LogP contribution in [0.15, 0.2) is 67.0 Å². The number of pyridine rings is 1. The Morgan fingerprint density at radius 1 is 1.04 bits per heavy atom. The van der Waals surface area contributed by atoms with Gasteiger partial charge in [-0.25, -0.2) is 0 Å². The van der Waals surface area contributed by atoms with Gasteiger partial charge in [-0.15, -0.1) is 0 Å². The van der Waals surface area contributed by atoms with Gasteiger partial charge in [-0.3, -0.25) is 9.78 Å². The van der Waals surface area contributed by atoms with Gasteiger partial charge in [-0.2, -0.15) is 0 Å². The summed E-state index contributed by atoms with van der Waals surface area (Å²) in [7, 11) is 0. The zero-order valence-corrected chi connectivity index (χ0v) is 14.9. The summed E-state index contributed by atoms with van der Waals surface area (Å²) in [5.41, 5.74) is 6.07. The van der Waals surface area contributed by atoms with Crippen molar-refractivity contribution in [3.63, 3.8) is 0 Å². The highest BCUT2D eigenvalue weighted by Crippen LogP contribution is 2.34. The second-order valence-electron chi connectivity index (χ2n) is 6.81. The largest absolute Gasteiger partial charge is 0.361 e. The van der Waals surface area contributed by atoms with Gasteiger partial charge in [0.15, 0.2) is 0 Å². The number of aromatic nitrogens is 1. The summed E-state index contributed by atoms with van der Waals surface area (Å²) in [6, 6.07) is 18.0. The van der Waals surface area contributed by atoms with E-state index in [1.165, 1.54) is 11.1 Å². The molecular weight excluding hydrogens is 322 g/mol. The van der Waals surface area contributed by atoms with E-state index in [1.54, 1.807) is 6.20 Å². The maximum absolute atomic E-state index is 13.2. The molecular formula is C22H21N3O. The highest BCUT2D eigenvalue weighted by molar-refractivity contribution is 6.01. The Bertz CT molecular complexity index is 932. The normalized spacial score (nSPS) is 16.2. The summed E-state index contributed by atoms with van der Waals surface area (Å²) >= 11 is 0. The molecule has 1 aromatic heterocycles. The molecule has 130 valence electrons. The number of nitrogens with one attached hydrogen (secondary N) is 1. The van der Waals surface area contributed by atoms with E-state index >= 15 is 0 Å². The SMILES string of the molecule is Cc1cc(C)cc([C@@H]2Nc3ccccc3C(=O)N2Cc2cccnc2)c1. The number of carbonyl (C=O) groups excluding carboxylic acids is 1. The van der Waals surface area contributed by atoms with Gasteiger partial charge in [0, 0.05) is 24.6 Å². The van der Waals surface area contributed by atoms with E-state index in [0.717, 1.165) is 16.8 Å². The van der Waals surface area contributed by atoms with Crippen LogP contribution in [0.2, 0.25) is 0 Å². The van der Waals surface area contributed by atoms with E-state index in [-0.39, 0.29) is 12.1 Å². The predicted molar refractivity (Wildman–Crippen MR) is 103 cm³/mol. The lowest BCUT2D eigenvalue weighted by Gasteiger charge is -2.38. The minimum atomic E-state index is -0.212. The van der Waals surface area contributed by atoms with Crippen LogP contribution in [0.25, 0.3) is 0 Å². The molecule has 0 saturated carbocycles. The number of anilines is 1. The maximum Gasteiger partial charge on any atom is 0.258 e. The van der Waals surface area contributed by atoms with Crippen LogP contribution in [0.5, 0.6) is 0 Å². The van der Waals surface area contributed by atoms with Crippen molar-refractivity contribution in [2.45, 2.75) is 26.6 Å². The molecule has 0 radical (unpaired) electrons. The third kappa shape index (κ3) is 3.06. The van der Waals surface area contributed by atoms with E-state index in [9.17, 15) is 4.79 Å². The van der Waals surface area contributed by atoms with Crippen LogP contribution < -0.4 is 5.32 Å². The lowest BCUT2D eigenvalue weighted by Crippen LogP contribution is -2.42. The zero-order chi connectivity index (χ0) is 18.1. The minimum absolute atomic E-state index is 0.0346. The van der Waals surface area contributed by atoms with Crippen LogP contribution in [-0.4, -0.2) is 15.8 Å². The molecule has 1 aliphatic heterocycles. The van der Waals surface area contributed by atoms with Crippen LogP contribution >= 0.6 is 0 Å². The number of amides is 1. The van der Waals surface area contributed by atoms with Crippen molar-refractivity contribution in [3.8, 4) is 0 Å². The van der Waals surface area contributed by atoms with Gasteiger partial charge in [0.1, 0.15) is 6.17 Å². The first-order valence-corrected chi connectivity index (χ1v) is 8.75. The first-order chi connectivity index (χ1) is 12.6. The number of rotatable bonds is 3. The van der Waals surface area contributed by atoms with E-state index in [4.69, 9.17) is 0 Å². The summed E-state index contributed by atoms with van der Waals surface area (Å²) in [5, 5.41) is 3.55. The third-order valence-corrected chi connectivity index (χ3v) is 4.66. The molecule has 0 aliphatic carbocycles. The molecule has 0 saturated heterocycles. The van der Waals surface area contributed by atoms with Crippen LogP contribution in [0.1, 0.15) is 38.8 Å². The Morgan fingerprint density at radius 3 is 2.54 bits per heavy atom. The minimum Gasteiger partial charge on any atom is -0.361 e. The number of benzene rings is 2. The first-order valence-electron chi connectivity index (χ1n) is 8.75. The molecule has 1 N–H and O–H groups in total. The highest BCUT2D eigenvalue weighted by atomic mass is 16.2. The number of para-hydroxylation sites is 1. The molecule has 0 fully saturated rings. The molecule has 3 aromatic rings. The van der Waals surface area contributed by atoms with Crippen molar-refractivity contribution < 1.29 is 4.79 Å². The average molecular weight is 343 g/mol. The Hall–Kier alpha value is -3.14. The number of hydrogen-bond donors (Lipinski definition) is 1. The average Bonchev–Trinajstić information content (AvgIpc) is 2.64. The van der Waals surface area contributed by atoms with Crippen molar-refractivity contribution in [2.24, 2.45) is 0 Å². The van der Waals surface area contributed by atoms with Crippen molar-refractivity contribution in [2.75, 3.05) is 5.32 Å². The molecule has 1 aliphatic rings. The molecule has 2 heterocycles. The smallest absolute Gasteiger partial charge is 0.258 e. The second kappa shape index (κ2) is 6.64. The van der Waals surface area contributed by atoms with Crippen LogP contribution in [0, 0.1) is 13.8 Å². The van der Waals surface area contributed by atoms with Crippen molar-refractivity contribution in [3.05, 3.63) is 94.8 Å². The molecule has 0 unspecified atom stereocenters. The summed E-state index contributed by atoms with van der Waals surface area (Å²) < 4.78 is 0. The summed E-state index contributed by atoms with van der Waals surface area (Å²) in [6.45, 7) is 4.67. The fourth-order valence-corrected chi connectivity index (χ4v) is 3.58. The third-order valence-electron chi connectivity index (χ3n) is 4.66. The molecule has 26 heavy (non-hydrogen) atoms. The molecule has 0 bridgehead atoms. The number of aryl methyl sites for hydroxylation is 2. The summed E-state index contributed by atoms with van der Waals surface area (Å²) in [4.78, 5) is 19.3. The predicted octanol–water partition coefficient (Wildman–Crippen LogP) is 4.47. The van der Waals surface area contributed by atoms with E-state index < -0.39 is 0 Å². The monoisotopic (exact) mass is 343 g/mol. The second-order valence-corrected chi connectivity index (χ2v) is 6.81. The molecule has 1 amide bonds. The van der Waals surface area contributed by atoms with Gasteiger partial charge in [0.25, 0.3) is 5.91 Å². The van der Waals surface area contributed by atoms with Gasteiger partial charge in [0.2, 0.25) is 0 Å². The quantitative estimate of drug-likeness (QED) is 0.763. The number of nitrogens with zero attached hydrogens (tertiary/aromatic N) is 2. The number of carbonyl (C=O) groups is 1. The van der Waals surface area contributed by atoms with Crippen LogP contribution in [0.3, 0.4) is 0 Å². The number of fused-ring (bicyclic) bond motifs is 1. The fourth-order valence-electron chi connectivity index (χ4n) is 3.58. The van der Waals surface area contributed by atoms with Gasteiger partial charge in [-0.05, 0) is 43.2 Å². The molecule has 4 heteroatoms. The topological polar surface area (TPSA) is 45.2 Å². The zero-order valence-electron chi connectivity index (χ0n) is 14.9. The molecule has 0 spiro atoms. The van der Waals surface area contributed by atoms with Crippen molar-refractivity contribution >= 4 is 11.6 Å². The first kappa shape index (κ1) is 16.3. The maximum atomic E-state index is 13.2. The van der Waals surface area contributed by atoms with Gasteiger partial charge in [0.05, 0.1) is 5.56 Å². The van der Waals surface area contributed by atoms with Crippen LogP contribution in [-0.2, 0) is 6.54 Å². The molecule has 4 rings (SSSR count). The molecule has 2 aromatic carbocycles. The Labute approximate surface area is 153 Å². The van der Waals surface area contributed by atoms with Gasteiger partial charge < -0.3 is 10.2 Å². The summed E-state index contributed by atoms with van der Waals surface area (Å²) in [6.07, 6.45) is 3.35. The van der Waals surface area contributed by atoms with E-state index in [1.807, 2.05) is 47.5 Å². The fraction of sp³-hybridized carbons (Fsp3) is 0.182. The summed E-state index contributed by atoms with van der Waals surface area (Å²) in [5.74, 6) is 0.0346. The van der Waals surface area contributed by atoms with E-state index in [2.05, 4.69) is 42.3 Å². The lowest BCUT2D eigenvalue weighted by molar-refractivity contribution is 0.0666. The standard InChI is InChI=1S/C22H21N3O/c1-15-10-16(2)12-18(11-15)21-24-20-8-4-3-7-19(20)22(26)25(21)14-17-6-5-9-23-13-17/h3-13,21,24H,14H2,1-2H3/t21-/m1/s1. The number of hydrogen-bond acceptors (Lipinski definition) is 3. The Kier molecular flexibility index (Phi) is 4.17. The Balaban J connectivity index is 1.79.